The molecule has 0 aliphatic rings. The molecule has 0 fully saturated rings. The highest BCUT2D eigenvalue weighted by Crippen LogP contribution is 2.51. The second-order valence-electron chi connectivity index (χ2n) is 11.0. The third-order valence-corrected chi connectivity index (χ3v) is 16.9. The average molecular weight is 437 g/mol. The van der Waals surface area contributed by atoms with Crippen molar-refractivity contribution in [3.05, 3.63) is 24.3 Å². The predicted octanol–water partition coefficient (Wildman–Crippen LogP) is 8.08. The van der Waals surface area contributed by atoms with Gasteiger partial charge in [0.05, 0.1) is 0 Å². The van der Waals surface area contributed by atoms with Gasteiger partial charge >= 0.3 is 0 Å². The van der Waals surface area contributed by atoms with Gasteiger partial charge in [0.1, 0.15) is 5.75 Å². The third-order valence-electron chi connectivity index (χ3n) is 8.06. The molecule has 0 radical (unpaired) electrons. The van der Waals surface area contributed by atoms with E-state index in [1.807, 2.05) is 12.1 Å². The van der Waals surface area contributed by atoms with Gasteiger partial charge in [0.25, 0.3) is 16.6 Å². The zero-order valence-electron chi connectivity index (χ0n) is 20.9. The maximum atomic E-state index is 11.0. The lowest BCUT2D eigenvalue weighted by molar-refractivity contribution is 0.357. The molecule has 1 aromatic rings. The number of aromatic hydroxyl groups is 1. The second kappa shape index (κ2) is 8.50. The van der Waals surface area contributed by atoms with Crippen LogP contribution < -0.4 is 8.85 Å². The number of phenolic OH excluding ortho intramolecular Hbond substituents is 1. The smallest absolute Gasteiger partial charge is 0.251 e. The number of phenols is 1. The van der Waals surface area contributed by atoms with Crippen LogP contribution in [0.5, 0.6) is 17.2 Å². The van der Waals surface area contributed by atoms with Crippen molar-refractivity contribution in [2.45, 2.75) is 91.7 Å². The summed E-state index contributed by atoms with van der Waals surface area (Å²) >= 11 is 0. The lowest BCUT2D eigenvalue weighted by Gasteiger charge is -2.44. The average Bonchev–Trinajstić information content (AvgIpc) is 2.57. The highest BCUT2D eigenvalue weighted by Gasteiger charge is 2.48. The summed E-state index contributed by atoms with van der Waals surface area (Å²) < 4.78 is 13.4. The number of hydrogen-bond donors (Lipinski definition) is 1. The van der Waals surface area contributed by atoms with Crippen LogP contribution in [0.15, 0.2) is 18.7 Å². The topological polar surface area (TPSA) is 38.7 Å². The molecule has 0 unspecified atom stereocenters. The van der Waals surface area contributed by atoms with Gasteiger partial charge in [-0.25, -0.2) is 0 Å². The Morgan fingerprint density at radius 1 is 0.862 bits per heavy atom. The van der Waals surface area contributed by atoms with Gasteiger partial charge in [-0.3, -0.25) is 0 Å². The molecule has 0 saturated heterocycles. The molecule has 0 spiro atoms. The summed E-state index contributed by atoms with van der Waals surface area (Å²) in [5.74, 6) is 2.21. The summed E-state index contributed by atoms with van der Waals surface area (Å²) in [5, 5.41) is 11.1. The van der Waals surface area contributed by atoms with Gasteiger partial charge in [0.15, 0.2) is 11.5 Å². The number of rotatable bonds is 9. The van der Waals surface area contributed by atoms with Crippen molar-refractivity contribution in [1.82, 2.24) is 0 Å². The Balaban J connectivity index is 3.53. The van der Waals surface area contributed by atoms with Gasteiger partial charge in [-0.2, -0.15) is 0 Å². The Morgan fingerprint density at radius 3 is 1.66 bits per heavy atom. The van der Waals surface area contributed by atoms with E-state index >= 15 is 0 Å². The molecule has 0 saturated carbocycles. The molecule has 1 rings (SSSR count). The Morgan fingerprint density at radius 2 is 1.28 bits per heavy atom. The Labute approximate surface area is 181 Å². The molecule has 0 heterocycles. The summed E-state index contributed by atoms with van der Waals surface area (Å²) in [4.78, 5) is 0. The lowest BCUT2D eigenvalue weighted by Crippen LogP contribution is -2.49. The van der Waals surface area contributed by atoms with Gasteiger partial charge in [-0.15, -0.1) is 0 Å². The monoisotopic (exact) mass is 436 g/mol. The van der Waals surface area contributed by atoms with Crippen molar-refractivity contribution in [1.29, 1.82) is 0 Å². The fourth-order valence-corrected chi connectivity index (χ4v) is 7.82. The van der Waals surface area contributed by atoms with Crippen molar-refractivity contribution >= 4 is 22.7 Å². The maximum Gasteiger partial charge on any atom is 0.251 e. The molecule has 5 heteroatoms. The van der Waals surface area contributed by atoms with Crippen LogP contribution in [0.2, 0.25) is 36.3 Å². The molecule has 0 aromatic heterocycles. The maximum absolute atomic E-state index is 11.0. The van der Waals surface area contributed by atoms with E-state index in [2.05, 4.69) is 88.2 Å². The van der Waals surface area contributed by atoms with Crippen LogP contribution in [0.25, 0.3) is 6.08 Å². The van der Waals surface area contributed by atoms with Gasteiger partial charge in [0.2, 0.25) is 0 Å². The Bertz CT molecular complexity index is 732. The number of benzene rings is 1. The molecule has 1 aromatic carbocycles. The number of hydrogen-bond acceptors (Lipinski definition) is 3. The predicted molar refractivity (Wildman–Crippen MR) is 132 cm³/mol. The van der Waals surface area contributed by atoms with E-state index in [1.54, 1.807) is 6.08 Å². The zero-order valence-corrected chi connectivity index (χ0v) is 22.9. The normalized spacial score (nSPS) is 13.7. The van der Waals surface area contributed by atoms with E-state index in [9.17, 15) is 5.11 Å². The quantitative estimate of drug-likeness (QED) is 0.398. The van der Waals surface area contributed by atoms with Gasteiger partial charge in [0, 0.05) is 5.56 Å². The van der Waals surface area contributed by atoms with E-state index in [0.29, 0.717) is 28.9 Å². The van der Waals surface area contributed by atoms with Crippen LogP contribution in [0, 0.1) is 11.8 Å². The van der Waals surface area contributed by atoms with Crippen LogP contribution in [-0.2, 0) is 0 Å². The molecule has 0 aliphatic heterocycles. The van der Waals surface area contributed by atoms with Crippen molar-refractivity contribution in [2.24, 2.45) is 11.8 Å². The van der Waals surface area contributed by atoms with Crippen LogP contribution in [0.3, 0.4) is 0 Å². The fraction of sp³-hybridized carbons (Fsp3) is 0.667. The van der Waals surface area contributed by atoms with Gasteiger partial charge < -0.3 is 14.0 Å². The highest BCUT2D eigenvalue weighted by atomic mass is 28.4. The second-order valence-corrected chi connectivity index (χ2v) is 20.0. The van der Waals surface area contributed by atoms with Crippen LogP contribution >= 0.6 is 0 Å². The lowest BCUT2D eigenvalue weighted by atomic mass is 9.99. The minimum Gasteiger partial charge on any atom is -0.541 e. The van der Waals surface area contributed by atoms with Gasteiger partial charge in [-0.1, -0.05) is 68.0 Å². The molecule has 0 aliphatic carbocycles. The molecular formula is C24H44O3Si2. The zero-order chi connectivity index (χ0) is 23.0. The summed E-state index contributed by atoms with van der Waals surface area (Å²) in [7, 11) is -4.40. The fourth-order valence-electron chi connectivity index (χ4n) is 3.10. The summed E-state index contributed by atoms with van der Waals surface area (Å²) in [6.07, 6.45) is 1.66. The van der Waals surface area contributed by atoms with Gasteiger partial charge in [-0.05, 0) is 60.2 Å². The standard InChI is InChI=1S/C24H44O3Si2/c1-14-19-15-16-20(26-28(10,11)23(6,7)17(2)3)22(21(19)25)27-29(12,13)24(8,9)18(4)5/h14-18,25H,1H2,2-13H3. The molecule has 166 valence electrons. The molecule has 3 nitrogen and oxygen atoms in total. The van der Waals surface area contributed by atoms with E-state index in [1.165, 1.54) is 0 Å². The molecule has 0 bridgehead atoms. The van der Waals surface area contributed by atoms with Crippen molar-refractivity contribution in [2.75, 3.05) is 0 Å². The van der Waals surface area contributed by atoms with E-state index < -0.39 is 16.6 Å². The van der Waals surface area contributed by atoms with E-state index in [0.717, 1.165) is 0 Å². The first-order valence-electron chi connectivity index (χ1n) is 10.8. The molecular weight excluding hydrogens is 392 g/mol. The van der Waals surface area contributed by atoms with E-state index in [4.69, 9.17) is 8.85 Å². The van der Waals surface area contributed by atoms with Crippen LogP contribution in [0.1, 0.15) is 61.0 Å². The van der Waals surface area contributed by atoms with Crippen molar-refractivity contribution < 1.29 is 14.0 Å². The van der Waals surface area contributed by atoms with Crippen LogP contribution in [-0.4, -0.2) is 21.7 Å². The van der Waals surface area contributed by atoms with Crippen molar-refractivity contribution in [3.63, 3.8) is 0 Å². The first kappa shape index (κ1) is 25.8. The SMILES string of the molecule is C=Cc1ccc(O[Si](C)(C)C(C)(C)C(C)C)c(O[Si](C)(C)C(C)(C)C(C)C)c1O. The highest BCUT2D eigenvalue weighted by molar-refractivity contribution is 6.75. The largest absolute Gasteiger partial charge is 0.541 e. The molecule has 0 amide bonds. The molecule has 0 atom stereocenters. The molecule has 29 heavy (non-hydrogen) atoms. The first-order valence-corrected chi connectivity index (χ1v) is 16.6. The summed E-state index contributed by atoms with van der Waals surface area (Å²) in [5.41, 5.74) is 0.669. The van der Waals surface area contributed by atoms with Crippen LogP contribution in [0.4, 0.5) is 0 Å². The summed E-state index contributed by atoms with van der Waals surface area (Å²) in [6.45, 7) is 30.8. The minimum atomic E-state index is -2.24. The minimum absolute atomic E-state index is 0.0189. The third kappa shape index (κ3) is 4.93. The molecule has 1 N–H and O–H groups in total. The summed E-state index contributed by atoms with van der Waals surface area (Å²) in [6, 6.07) is 3.80. The Hall–Kier alpha value is -1.21. The van der Waals surface area contributed by atoms with E-state index in [-0.39, 0.29) is 15.8 Å². The Kier molecular flexibility index (Phi) is 7.57. The van der Waals surface area contributed by atoms with Crippen molar-refractivity contribution in [3.8, 4) is 17.2 Å². The first-order chi connectivity index (χ1) is 12.9.